The standard InChI is InChI=1S/C15H17NO2S/c1-9-2-6-12(7-3-9)19(18)14-11-5-4-10(8-11)13(14)15(16)17/h2-7,10-11,13-14H,8H2,1H3,(H2,16,17)/t10-,11+,13-,14+,19?/m0/s1. The van der Waals surface area contributed by atoms with Crippen LogP contribution in [0.25, 0.3) is 0 Å². The molecule has 100 valence electrons. The molecule has 2 bridgehead atoms. The van der Waals surface area contributed by atoms with Crippen LogP contribution >= 0.6 is 0 Å². The zero-order valence-electron chi connectivity index (χ0n) is 10.8. The van der Waals surface area contributed by atoms with Gasteiger partial charge >= 0.3 is 0 Å². The molecular formula is C15H17NO2S. The SMILES string of the molecule is Cc1ccc(S(=O)[C@H]2[C@@H](C(N)=O)[C@H]3C=C[C@@H]2C3)cc1. The summed E-state index contributed by atoms with van der Waals surface area (Å²) in [4.78, 5) is 12.4. The highest BCUT2D eigenvalue weighted by molar-refractivity contribution is 7.85. The Morgan fingerprint density at radius 1 is 1.21 bits per heavy atom. The molecule has 5 atom stereocenters. The van der Waals surface area contributed by atoms with Crippen molar-refractivity contribution in [1.82, 2.24) is 0 Å². The second-order valence-electron chi connectivity index (χ2n) is 5.45. The van der Waals surface area contributed by atoms with Gasteiger partial charge in [-0.2, -0.15) is 0 Å². The fourth-order valence-corrected chi connectivity index (χ4v) is 5.11. The molecule has 2 aliphatic rings. The van der Waals surface area contributed by atoms with Gasteiger partial charge in [-0.1, -0.05) is 29.8 Å². The van der Waals surface area contributed by atoms with Crippen molar-refractivity contribution in [2.24, 2.45) is 23.5 Å². The van der Waals surface area contributed by atoms with Crippen molar-refractivity contribution in [1.29, 1.82) is 0 Å². The molecule has 1 saturated carbocycles. The lowest BCUT2D eigenvalue weighted by Crippen LogP contribution is -2.38. The van der Waals surface area contributed by atoms with Gasteiger partial charge in [0.25, 0.3) is 0 Å². The van der Waals surface area contributed by atoms with Crippen LogP contribution in [0.1, 0.15) is 12.0 Å². The number of primary amides is 1. The maximum absolute atomic E-state index is 12.7. The zero-order valence-corrected chi connectivity index (χ0v) is 11.6. The summed E-state index contributed by atoms with van der Waals surface area (Å²) in [6, 6.07) is 7.68. The Morgan fingerprint density at radius 2 is 1.84 bits per heavy atom. The third kappa shape index (κ3) is 2.04. The second-order valence-corrected chi connectivity index (χ2v) is 7.06. The molecule has 4 heteroatoms. The molecule has 0 aliphatic heterocycles. The van der Waals surface area contributed by atoms with E-state index in [1.165, 1.54) is 0 Å². The van der Waals surface area contributed by atoms with E-state index < -0.39 is 10.8 Å². The first-order valence-corrected chi connectivity index (χ1v) is 7.74. The van der Waals surface area contributed by atoms with Gasteiger partial charge in [-0.25, -0.2) is 0 Å². The van der Waals surface area contributed by atoms with E-state index in [0.717, 1.165) is 16.9 Å². The Hall–Kier alpha value is -1.42. The van der Waals surface area contributed by atoms with Gasteiger partial charge in [0, 0.05) is 4.90 Å². The van der Waals surface area contributed by atoms with E-state index >= 15 is 0 Å². The predicted molar refractivity (Wildman–Crippen MR) is 74.8 cm³/mol. The van der Waals surface area contributed by atoms with Crippen LogP contribution in [0.2, 0.25) is 0 Å². The summed E-state index contributed by atoms with van der Waals surface area (Å²) < 4.78 is 12.7. The number of aryl methyl sites for hydroxylation is 1. The normalized spacial score (nSPS) is 33.5. The molecule has 3 nitrogen and oxygen atoms in total. The van der Waals surface area contributed by atoms with Crippen LogP contribution in [0.15, 0.2) is 41.3 Å². The maximum atomic E-state index is 12.7. The fourth-order valence-electron chi connectivity index (χ4n) is 3.27. The van der Waals surface area contributed by atoms with Crippen molar-refractivity contribution in [3.05, 3.63) is 42.0 Å². The highest BCUT2D eigenvalue weighted by atomic mass is 32.2. The van der Waals surface area contributed by atoms with E-state index in [2.05, 4.69) is 12.2 Å². The van der Waals surface area contributed by atoms with Gasteiger partial charge in [-0.3, -0.25) is 9.00 Å². The minimum absolute atomic E-state index is 0.157. The monoisotopic (exact) mass is 275 g/mol. The van der Waals surface area contributed by atoms with Crippen molar-refractivity contribution in [2.75, 3.05) is 0 Å². The molecule has 1 amide bonds. The Kier molecular flexibility index (Phi) is 3.05. The van der Waals surface area contributed by atoms with E-state index in [1.807, 2.05) is 31.2 Å². The molecule has 2 aliphatic carbocycles. The Morgan fingerprint density at radius 3 is 2.47 bits per heavy atom. The summed E-state index contributed by atoms with van der Waals surface area (Å²) in [5.41, 5.74) is 6.65. The molecule has 1 aromatic carbocycles. The Bertz CT molecular complexity index is 564. The van der Waals surface area contributed by atoms with Gasteiger partial charge in [-0.15, -0.1) is 0 Å². The van der Waals surface area contributed by atoms with Gasteiger partial charge in [0.05, 0.1) is 22.0 Å². The van der Waals surface area contributed by atoms with Gasteiger partial charge < -0.3 is 5.73 Å². The van der Waals surface area contributed by atoms with Crippen LogP contribution in [0.4, 0.5) is 0 Å². The van der Waals surface area contributed by atoms with E-state index in [-0.39, 0.29) is 28.9 Å². The lowest BCUT2D eigenvalue weighted by atomic mass is 9.92. The van der Waals surface area contributed by atoms with Crippen LogP contribution in [0.5, 0.6) is 0 Å². The van der Waals surface area contributed by atoms with Crippen molar-refractivity contribution in [2.45, 2.75) is 23.5 Å². The first kappa shape index (κ1) is 12.6. The van der Waals surface area contributed by atoms with Crippen LogP contribution in [0, 0.1) is 24.7 Å². The maximum Gasteiger partial charge on any atom is 0.222 e. The molecule has 19 heavy (non-hydrogen) atoms. The Labute approximate surface area is 115 Å². The molecule has 1 aromatic rings. The lowest BCUT2D eigenvalue weighted by Gasteiger charge is -2.24. The van der Waals surface area contributed by atoms with Crippen LogP contribution < -0.4 is 5.73 Å². The topological polar surface area (TPSA) is 60.2 Å². The summed E-state index contributed by atoms with van der Waals surface area (Å²) >= 11 is 0. The molecule has 2 N–H and O–H groups in total. The molecule has 1 unspecified atom stereocenters. The van der Waals surface area contributed by atoms with Crippen LogP contribution in [0.3, 0.4) is 0 Å². The van der Waals surface area contributed by atoms with Crippen LogP contribution in [-0.2, 0) is 15.6 Å². The number of benzene rings is 1. The highest BCUT2D eigenvalue weighted by Crippen LogP contribution is 2.47. The quantitative estimate of drug-likeness (QED) is 0.855. The van der Waals surface area contributed by atoms with Gasteiger partial charge in [0.1, 0.15) is 0 Å². The predicted octanol–water partition coefficient (Wildman–Crippen LogP) is 1.78. The molecule has 0 heterocycles. The lowest BCUT2D eigenvalue weighted by molar-refractivity contribution is -0.122. The van der Waals surface area contributed by atoms with E-state index in [0.29, 0.717) is 0 Å². The number of allylic oxidation sites excluding steroid dienone is 2. The van der Waals surface area contributed by atoms with Crippen LogP contribution in [-0.4, -0.2) is 15.4 Å². The molecule has 0 saturated heterocycles. The number of hydrogen-bond acceptors (Lipinski definition) is 2. The second kappa shape index (κ2) is 4.60. The zero-order chi connectivity index (χ0) is 13.6. The molecule has 0 spiro atoms. The van der Waals surface area contributed by atoms with E-state index in [9.17, 15) is 9.00 Å². The molecule has 0 radical (unpaired) electrons. The van der Waals surface area contributed by atoms with Crippen molar-refractivity contribution >= 4 is 16.7 Å². The summed E-state index contributed by atoms with van der Waals surface area (Å²) in [5, 5.41) is -0.157. The number of carbonyl (C=O) groups excluding carboxylic acids is 1. The third-order valence-corrected chi connectivity index (χ3v) is 6.09. The van der Waals surface area contributed by atoms with Gasteiger partial charge in [0.15, 0.2) is 0 Å². The smallest absolute Gasteiger partial charge is 0.222 e. The fraction of sp³-hybridized carbons (Fsp3) is 0.400. The first-order valence-electron chi connectivity index (χ1n) is 6.53. The number of amides is 1. The number of fused-ring (bicyclic) bond motifs is 2. The van der Waals surface area contributed by atoms with E-state index in [1.54, 1.807) is 0 Å². The van der Waals surface area contributed by atoms with Gasteiger partial charge in [-0.05, 0) is 37.3 Å². The number of rotatable bonds is 3. The van der Waals surface area contributed by atoms with Crippen molar-refractivity contribution in [3.8, 4) is 0 Å². The summed E-state index contributed by atoms with van der Waals surface area (Å²) in [6.07, 6.45) is 5.07. The van der Waals surface area contributed by atoms with Crippen molar-refractivity contribution in [3.63, 3.8) is 0 Å². The number of hydrogen-bond donors (Lipinski definition) is 1. The van der Waals surface area contributed by atoms with Gasteiger partial charge in [0.2, 0.25) is 5.91 Å². The van der Waals surface area contributed by atoms with Crippen molar-refractivity contribution < 1.29 is 9.00 Å². The molecule has 3 rings (SSSR count). The summed E-state index contributed by atoms with van der Waals surface area (Å²) in [6.45, 7) is 2.00. The minimum atomic E-state index is -1.17. The van der Waals surface area contributed by atoms with E-state index in [4.69, 9.17) is 5.73 Å². The molecule has 1 fully saturated rings. The number of nitrogens with two attached hydrogens (primary N) is 1. The summed E-state index contributed by atoms with van der Waals surface area (Å²) in [5.74, 6) is -0.189. The average molecular weight is 275 g/mol. The summed E-state index contributed by atoms with van der Waals surface area (Å²) in [7, 11) is -1.17. The largest absolute Gasteiger partial charge is 0.369 e. The third-order valence-electron chi connectivity index (χ3n) is 4.22. The first-order chi connectivity index (χ1) is 9.08. The molecular weight excluding hydrogens is 258 g/mol. The highest BCUT2D eigenvalue weighted by Gasteiger charge is 2.50. The minimum Gasteiger partial charge on any atom is -0.369 e. The number of carbonyl (C=O) groups is 1. The Balaban J connectivity index is 1.92. The average Bonchev–Trinajstić information content (AvgIpc) is 2.98. The molecule has 0 aromatic heterocycles.